The van der Waals surface area contributed by atoms with Gasteiger partial charge in [-0.1, -0.05) is 18.2 Å². The van der Waals surface area contributed by atoms with Crippen LogP contribution in [-0.4, -0.2) is 53.7 Å². The molecule has 0 N–H and O–H groups in total. The second kappa shape index (κ2) is 6.86. The molecule has 0 spiro atoms. The number of carbonyl (C=O) groups is 1. The first-order valence-corrected chi connectivity index (χ1v) is 9.96. The minimum atomic E-state index is 0.323. The predicted molar refractivity (Wildman–Crippen MR) is 94.6 cm³/mol. The average Bonchev–Trinajstić information content (AvgIpc) is 3.41. The molecular weight excluding hydrogens is 304 g/mol. The Morgan fingerprint density at radius 3 is 2.65 bits per heavy atom. The topological polar surface area (TPSA) is 23.6 Å². The van der Waals surface area contributed by atoms with Crippen molar-refractivity contribution < 1.29 is 4.79 Å². The first kappa shape index (κ1) is 15.5. The van der Waals surface area contributed by atoms with E-state index in [0.29, 0.717) is 23.6 Å². The molecule has 1 saturated carbocycles. The van der Waals surface area contributed by atoms with E-state index in [4.69, 9.17) is 0 Å². The van der Waals surface area contributed by atoms with Crippen LogP contribution in [0.15, 0.2) is 35.2 Å². The fourth-order valence-corrected chi connectivity index (χ4v) is 4.81. The quantitative estimate of drug-likeness (QED) is 0.775. The van der Waals surface area contributed by atoms with Gasteiger partial charge in [-0.05, 0) is 49.7 Å². The van der Waals surface area contributed by atoms with E-state index in [1.807, 2.05) is 18.2 Å². The Balaban J connectivity index is 1.34. The minimum Gasteiger partial charge on any atom is -0.340 e. The Morgan fingerprint density at radius 1 is 1.04 bits per heavy atom. The monoisotopic (exact) mass is 330 g/mol. The highest BCUT2D eigenvalue weighted by Crippen LogP contribution is 2.35. The standard InChI is InChI=1S/C19H26N2OS/c22-19(14-23-18-4-2-1-3-5-18)21-12-16-8-9-17(13-21)20(11-16)10-15-6-7-15/h1-5,15-17H,6-14H2/t16-,17-/m0/s1. The molecule has 23 heavy (non-hydrogen) atoms. The van der Waals surface area contributed by atoms with Crippen LogP contribution in [0.1, 0.15) is 25.7 Å². The summed E-state index contributed by atoms with van der Waals surface area (Å²) in [4.78, 5) is 18.7. The lowest BCUT2D eigenvalue weighted by atomic mass is 9.95. The Bertz CT molecular complexity index is 546. The Labute approximate surface area is 143 Å². The number of fused-ring (bicyclic) bond motifs is 4. The van der Waals surface area contributed by atoms with Gasteiger partial charge in [0.25, 0.3) is 0 Å². The molecule has 3 saturated heterocycles. The third kappa shape index (κ3) is 3.92. The number of hydrogen-bond donors (Lipinski definition) is 0. The molecule has 2 bridgehead atoms. The van der Waals surface area contributed by atoms with Crippen LogP contribution in [0.3, 0.4) is 0 Å². The fourth-order valence-electron chi connectivity index (χ4n) is 3.99. The summed E-state index contributed by atoms with van der Waals surface area (Å²) < 4.78 is 0. The van der Waals surface area contributed by atoms with Gasteiger partial charge in [0.1, 0.15) is 0 Å². The molecule has 4 heteroatoms. The maximum atomic E-state index is 12.7. The number of amides is 1. The van der Waals surface area contributed by atoms with Crippen LogP contribution in [-0.2, 0) is 4.79 Å². The molecule has 1 aromatic rings. The number of thioether (sulfide) groups is 1. The lowest BCUT2D eigenvalue weighted by Crippen LogP contribution is -2.45. The highest BCUT2D eigenvalue weighted by Gasteiger charge is 2.38. The highest BCUT2D eigenvalue weighted by molar-refractivity contribution is 8.00. The second-order valence-electron chi connectivity index (χ2n) is 7.39. The Morgan fingerprint density at radius 2 is 1.87 bits per heavy atom. The minimum absolute atomic E-state index is 0.323. The van der Waals surface area contributed by atoms with Gasteiger partial charge in [0.2, 0.25) is 5.91 Å². The molecule has 0 unspecified atom stereocenters. The Kier molecular flexibility index (Phi) is 4.63. The van der Waals surface area contributed by atoms with E-state index in [1.54, 1.807) is 11.8 Å². The third-order valence-electron chi connectivity index (χ3n) is 5.47. The van der Waals surface area contributed by atoms with Crippen molar-refractivity contribution in [1.82, 2.24) is 9.80 Å². The third-order valence-corrected chi connectivity index (χ3v) is 6.47. The van der Waals surface area contributed by atoms with E-state index in [1.165, 1.54) is 43.7 Å². The number of benzene rings is 1. The summed E-state index contributed by atoms with van der Waals surface area (Å²) in [6, 6.07) is 10.9. The number of piperidine rings is 1. The predicted octanol–water partition coefficient (Wildman–Crippen LogP) is 3.11. The van der Waals surface area contributed by atoms with Crippen LogP contribution in [0.2, 0.25) is 0 Å². The van der Waals surface area contributed by atoms with E-state index in [-0.39, 0.29) is 0 Å². The van der Waals surface area contributed by atoms with Crippen LogP contribution < -0.4 is 0 Å². The average molecular weight is 330 g/mol. The molecule has 4 fully saturated rings. The molecule has 2 atom stereocenters. The van der Waals surface area contributed by atoms with Gasteiger partial charge in [-0.2, -0.15) is 0 Å². The molecule has 0 aromatic heterocycles. The van der Waals surface area contributed by atoms with Crippen LogP contribution in [0, 0.1) is 11.8 Å². The Hall–Kier alpha value is -1.00. The molecule has 1 amide bonds. The molecule has 3 aliphatic heterocycles. The first-order valence-electron chi connectivity index (χ1n) is 8.97. The van der Waals surface area contributed by atoms with Crippen molar-refractivity contribution >= 4 is 17.7 Å². The van der Waals surface area contributed by atoms with Gasteiger partial charge in [0.15, 0.2) is 0 Å². The smallest absolute Gasteiger partial charge is 0.232 e. The van der Waals surface area contributed by atoms with E-state index in [9.17, 15) is 4.79 Å². The summed E-state index contributed by atoms with van der Waals surface area (Å²) in [5, 5.41) is 0. The zero-order chi connectivity index (χ0) is 15.6. The molecule has 5 rings (SSSR count). The van der Waals surface area contributed by atoms with Gasteiger partial charge in [0, 0.05) is 37.1 Å². The number of nitrogens with zero attached hydrogens (tertiary/aromatic N) is 2. The van der Waals surface area contributed by atoms with E-state index < -0.39 is 0 Å². The van der Waals surface area contributed by atoms with Crippen LogP contribution in [0.25, 0.3) is 0 Å². The summed E-state index contributed by atoms with van der Waals surface area (Å²) >= 11 is 1.67. The number of hydrogen-bond acceptors (Lipinski definition) is 3. The SMILES string of the molecule is O=C(CSc1ccccc1)N1C[C@H]2CC[C@@H](C1)N(CC1CC1)C2. The molecule has 1 aromatic carbocycles. The van der Waals surface area contributed by atoms with Gasteiger partial charge in [-0.15, -0.1) is 11.8 Å². The molecular formula is C19H26N2OS. The van der Waals surface area contributed by atoms with E-state index in [2.05, 4.69) is 21.9 Å². The van der Waals surface area contributed by atoms with Gasteiger partial charge < -0.3 is 4.90 Å². The van der Waals surface area contributed by atoms with E-state index >= 15 is 0 Å². The molecule has 124 valence electrons. The van der Waals surface area contributed by atoms with Crippen LogP contribution in [0.4, 0.5) is 0 Å². The summed E-state index contributed by atoms with van der Waals surface area (Å²) in [6.45, 7) is 4.43. The molecule has 3 heterocycles. The number of carbonyl (C=O) groups excluding carboxylic acids is 1. The maximum Gasteiger partial charge on any atom is 0.232 e. The largest absolute Gasteiger partial charge is 0.340 e. The zero-order valence-corrected chi connectivity index (χ0v) is 14.5. The summed E-state index contributed by atoms with van der Waals surface area (Å²) in [7, 11) is 0. The first-order chi connectivity index (χ1) is 11.3. The van der Waals surface area contributed by atoms with Crippen molar-refractivity contribution in [2.45, 2.75) is 36.6 Å². The van der Waals surface area contributed by atoms with Crippen molar-refractivity contribution in [3.63, 3.8) is 0 Å². The second-order valence-corrected chi connectivity index (χ2v) is 8.44. The lowest BCUT2D eigenvalue weighted by Gasteiger charge is -2.36. The summed E-state index contributed by atoms with van der Waals surface area (Å²) in [5.41, 5.74) is 0. The van der Waals surface area contributed by atoms with Crippen molar-refractivity contribution in [3.05, 3.63) is 30.3 Å². The number of rotatable bonds is 5. The molecule has 3 nitrogen and oxygen atoms in total. The van der Waals surface area contributed by atoms with Crippen molar-refractivity contribution in [2.75, 3.05) is 31.9 Å². The van der Waals surface area contributed by atoms with E-state index in [0.717, 1.165) is 19.0 Å². The molecule has 4 aliphatic rings. The van der Waals surface area contributed by atoms with Crippen molar-refractivity contribution in [3.8, 4) is 0 Å². The molecule has 0 radical (unpaired) electrons. The zero-order valence-electron chi connectivity index (χ0n) is 13.7. The van der Waals surface area contributed by atoms with Crippen LogP contribution in [0.5, 0.6) is 0 Å². The van der Waals surface area contributed by atoms with Gasteiger partial charge in [0.05, 0.1) is 5.75 Å². The normalized spacial score (nSPS) is 27.9. The van der Waals surface area contributed by atoms with Crippen molar-refractivity contribution in [2.24, 2.45) is 11.8 Å². The van der Waals surface area contributed by atoms with Crippen LogP contribution >= 0.6 is 11.8 Å². The maximum absolute atomic E-state index is 12.7. The fraction of sp³-hybridized carbons (Fsp3) is 0.632. The van der Waals surface area contributed by atoms with Crippen molar-refractivity contribution in [1.29, 1.82) is 0 Å². The summed E-state index contributed by atoms with van der Waals surface area (Å²) in [6.07, 6.45) is 5.43. The van der Waals surface area contributed by atoms with Gasteiger partial charge in [-0.25, -0.2) is 0 Å². The van der Waals surface area contributed by atoms with Gasteiger partial charge in [-0.3, -0.25) is 9.69 Å². The summed E-state index contributed by atoms with van der Waals surface area (Å²) in [5.74, 6) is 2.54. The molecule has 1 aliphatic carbocycles. The van der Waals surface area contributed by atoms with Gasteiger partial charge >= 0.3 is 0 Å². The highest BCUT2D eigenvalue weighted by atomic mass is 32.2. The lowest BCUT2D eigenvalue weighted by molar-refractivity contribution is -0.128.